The summed E-state index contributed by atoms with van der Waals surface area (Å²) in [6.45, 7) is 0.377. The molecule has 5 N–H and O–H groups in total. The Hall–Kier alpha value is -1.02. The van der Waals surface area contributed by atoms with E-state index in [1.54, 1.807) is 0 Å². The van der Waals surface area contributed by atoms with Crippen molar-refractivity contribution in [3.63, 3.8) is 0 Å². The highest BCUT2D eigenvalue weighted by Crippen LogP contribution is 2.03. The standard InChI is InChI=1S/C8H15NO6/c1-4(12)9-5(2-10)7(14)8(15)6(13)3-11/h2,5-8,11,13-15H,3H2,1H3,(H,9,12)/t5?,6-,7?,8?/m1/s1. The van der Waals surface area contributed by atoms with Crippen LogP contribution in [-0.4, -0.2) is 63.6 Å². The van der Waals surface area contributed by atoms with Gasteiger partial charge in [-0.3, -0.25) is 4.79 Å². The number of aliphatic hydroxyl groups is 4. The molecule has 0 fully saturated rings. The van der Waals surface area contributed by atoms with Gasteiger partial charge >= 0.3 is 0 Å². The normalized spacial score (nSPS) is 18.7. The first-order chi connectivity index (χ1) is 6.93. The van der Waals surface area contributed by atoms with Gasteiger partial charge in [-0.2, -0.15) is 0 Å². The van der Waals surface area contributed by atoms with E-state index < -0.39 is 36.9 Å². The van der Waals surface area contributed by atoms with Crippen LogP contribution in [0.5, 0.6) is 0 Å². The quantitative estimate of drug-likeness (QED) is 0.300. The van der Waals surface area contributed by atoms with Crippen LogP contribution in [0.2, 0.25) is 0 Å². The van der Waals surface area contributed by atoms with E-state index in [0.717, 1.165) is 6.92 Å². The van der Waals surface area contributed by atoms with Gasteiger partial charge in [-0.1, -0.05) is 0 Å². The molecule has 0 heterocycles. The summed E-state index contributed by atoms with van der Waals surface area (Å²) in [6, 6.07) is -1.32. The molecule has 0 radical (unpaired) electrons. The number of hydrogen-bond donors (Lipinski definition) is 5. The Morgan fingerprint density at radius 3 is 2.20 bits per heavy atom. The number of carbonyl (C=O) groups excluding carboxylic acids is 2. The van der Waals surface area contributed by atoms with Gasteiger partial charge in [0.05, 0.1) is 6.61 Å². The number of carbonyl (C=O) groups is 2. The molecule has 15 heavy (non-hydrogen) atoms. The highest BCUT2D eigenvalue weighted by molar-refractivity contribution is 5.77. The molecule has 0 aliphatic carbocycles. The number of hydrogen-bond acceptors (Lipinski definition) is 6. The molecule has 0 saturated heterocycles. The second-order valence-electron chi connectivity index (χ2n) is 3.09. The molecule has 0 aliphatic heterocycles. The van der Waals surface area contributed by atoms with Crippen molar-refractivity contribution in [2.24, 2.45) is 0 Å². The van der Waals surface area contributed by atoms with E-state index in [1.807, 2.05) is 0 Å². The number of amides is 1. The largest absolute Gasteiger partial charge is 0.394 e. The summed E-state index contributed by atoms with van der Waals surface area (Å²) in [4.78, 5) is 21.1. The molecular formula is C8H15NO6. The lowest BCUT2D eigenvalue weighted by atomic mass is 10.0. The fraction of sp³-hybridized carbons (Fsp3) is 0.750. The van der Waals surface area contributed by atoms with Gasteiger partial charge in [0.1, 0.15) is 30.6 Å². The molecule has 3 unspecified atom stereocenters. The van der Waals surface area contributed by atoms with Crippen LogP contribution in [-0.2, 0) is 9.59 Å². The van der Waals surface area contributed by atoms with Gasteiger partial charge in [0, 0.05) is 6.92 Å². The van der Waals surface area contributed by atoms with Crippen LogP contribution in [0.4, 0.5) is 0 Å². The van der Waals surface area contributed by atoms with Gasteiger partial charge in [-0.25, -0.2) is 0 Å². The summed E-state index contributed by atoms with van der Waals surface area (Å²) < 4.78 is 0. The summed E-state index contributed by atoms with van der Waals surface area (Å²) in [5.74, 6) is -0.558. The van der Waals surface area contributed by atoms with Gasteiger partial charge in [0.2, 0.25) is 5.91 Å². The third kappa shape index (κ3) is 4.34. The van der Waals surface area contributed by atoms with Crippen molar-refractivity contribution in [2.45, 2.75) is 31.3 Å². The predicted molar refractivity (Wildman–Crippen MR) is 48.8 cm³/mol. The molecule has 7 nitrogen and oxygen atoms in total. The van der Waals surface area contributed by atoms with Gasteiger partial charge in [0.25, 0.3) is 0 Å². The number of nitrogens with one attached hydrogen (secondary N) is 1. The lowest BCUT2D eigenvalue weighted by Crippen LogP contribution is -2.53. The first kappa shape index (κ1) is 14.0. The summed E-state index contributed by atoms with van der Waals surface area (Å²) in [6.07, 6.45) is -4.72. The lowest BCUT2D eigenvalue weighted by Gasteiger charge is -2.25. The number of aliphatic hydroxyl groups excluding tert-OH is 4. The molecule has 7 heteroatoms. The van der Waals surface area contributed by atoms with Crippen LogP contribution in [0, 0.1) is 0 Å². The second kappa shape index (κ2) is 6.46. The first-order valence-electron chi connectivity index (χ1n) is 4.31. The maximum atomic E-state index is 10.6. The maximum absolute atomic E-state index is 10.6. The molecule has 0 aromatic rings. The third-order valence-electron chi connectivity index (χ3n) is 1.82. The Morgan fingerprint density at radius 2 is 1.87 bits per heavy atom. The first-order valence-corrected chi connectivity index (χ1v) is 4.31. The molecule has 0 aromatic heterocycles. The SMILES string of the molecule is CC(=O)NC(C=O)C(O)C(O)[C@H](O)CO. The van der Waals surface area contributed by atoms with Crippen molar-refractivity contribution in [3.05, 3.63) is 0 Å². The Kier molecular flexibility index (Phi) is 6.02. The van der Waals surface area contributed by atoms with E-state index in [0.29, 0.717) is 0 Å². The highest BCUT2D eigenvalue weighted by Gasteiger charge is 2.31. The van der Waals surface area contributed by atoms with E-state index in [2.05, 4.69) is 5.32 Å². The van der Waals surface area contributed by atoms with Crippen LogP contribution in [0.15, 0.2) is 0 Å². The Bertz CT molecular complexity index is 221. The minimum atomic E-state index is -1.71. The fourth-order valence-electron chi connectivity index (χ4n) is 0.983. The monoisotopic (exact) mass is 221 g/mol. The minimum absolute atomic E-state index is 0.235. The smallest absolute Gasteiger partial charge is 0.217 e. The molecule has 0 spiro atoms. The molecule has 0 aliphatic rings. The Morgan fingerprint density at radius 1 is 1.33 bits per heavy atom. The van der Waals surface area contributed by atoms with Crippen LogP contribution in [0.1, 0.15) is 6.92 Å². The summed E-state index contributed by atoms with van der Waals surface area (Å²) >= 11 is 0. The molecule has 4 atom stereocenters. The van der Waals surface area contributed by atoms with Crippen molar-refractivity contribution in [1.82, 2.24) is 5.32 Å². The van der Waals surface area contributed by atoms with E-state index in [-0.39, 0.29) is 6.29 Å². The zero-order valence-corrected chi connectivity index (χ0v) is 8.20. The molecule has 0 aromatic carbocycles. The van der Waals surface area contributed by atoms with E-state index in [1.165, 1.54) is 0 Å². The molecule has 0 rings (SSSR count). The van der Waals surface area contributed by atoms with Crippen molar-refractivity contribution in [2.75, 3.05) is 6.61 Å². The average Bonchev–Trinajstić information content (AvgIpc) is 2.22. The highest BCUT2D eigenvalue weighted by atomic mass is 16.4. The zero-order chi connectivity index (χ0) is 12.0. The second-order valence-corrected chi connectivity index (χ2v) is 3.09. The summed E-state index contributed by atoms with van der Waals surface area (Å²) in [5, 5.41) is 38.2. The Labute approximate surface area is 86.3 Å². The van der Waals surface area contributed by atoms with Crippen LogP contribution in [0.3, 0.4) is 0 Å². The van der Waals surface area contributed by atoms with E-state index in [4.69, 9.17) is 10.2 Å². The molecule has 1 amide bonds. The van der Waals surface area contributed by atoms with E-state index >= 15 is 0 Å². The van der Waals surface area contributed by atoms with E-state index in [9.17, 15) is 19.8 Å². The predicted octanol–water partition coefficient (Wildman–Crippen LogP) is -3.23. The topological polar surface area (TPSA) is 127 Å². The minimum Gasteiger partial charge on any atom is -0.394 e. The molecule has 88 valence electrons. The van der Waals surface area contributed by atoms with Gasteiger partial charge in [0.15, 0.2) is 0 Å². The van der Waals surface area contributed by atoms with Crippen molar-refractivity contribution in [3.8, 4) is 0 Å². The maximum Gasteiger partial charge on any atom is 0.217 e. The van der Waals surface area contributed by atoms with Gasteiger partial charge in [-0.05, 0) is 0 Å². The molecular weight excluding hydrogens is 206 g/mol. The van der Waals surface area contributed by atoms with Crippen LogP contribution >= 0.6 is 0 Å². The summed E-state index contributed by atoms with van der Waals surface area (Å²) in [7, 11) is 0. The molecule has 0 saturated carbocycles. The van der Waals surface area contributed by atoms with Crippen molar-refractivity contribution >= 4 is 12.2 Å². The van der Waals surface area contributed by atoms with Gasteiger partial charge < -0.3 is 30.5 Å². The number of rotatable bonds is 6. The average molecular weight is 221 g/mol. The lowest BCUT2D eigenvalue weighted by molar-refractivity contribution is -0.129. The van der Waals surface area contributed by atoms with Crippen molar-refractivity contribution < 1.29 is 30.0 Å². The summed E-state index contributed by atoms with van der Waals surface area (Å²) in [5.41, 5.74) is 0. The number of aldehydes is 1. The zero-order valence-electron chi connectivity index (χ0n) is 8.20. The third-order valence-corrected chi connectivity index (χ3v) is 1.82. The van der Waals surface area contributed by atoms with Gasteiger partial charge in [-0.15, -0.1) is 0 Å². The fourth-order valence-corrected chi connectivity index (χ4v) is 0.983. The van der Waals surface area contributed by atoms with Crippen molar-refractivity contribution in [1.29, 1.82) is 0 Å². The van der Waals surface area contributed by atoms with Crippen LogP contribution < -0.4 is 5.32 Å². The van der Waals surface area contributed by atoms with Crippen LogP contribution in [0.25, 0.3) is 0 Å². The molecule has 0 bridgehead atoms. The Balaban J connectivity index is 4.42.